The van der Waals surface area contributed by atoms with E-state index in [9.17, 15) is 4.79 Å². The first-order chi connectivity index (χ1) is 11.6. The first kappa shape index (κ1) is 16.6. The second-order valence-corrected chi connectivity index (χ2v) is 6.56. The summed E-state index contributed by atoms with van der Waals surface area (Å²) in [5.74, 6) is 1.70. The number of ether oxygens (including phenoxy) is 1. The Morgan fingerprint density at radius 3 is 2.92 bits per heavy atom. The van der Waals surface area contributed by atoms with Gasteiger partial charge in [-0.3, -0.25) is 9.48 Å². The van der Waals surface area contributed by atoms with E-state index in [1.165, 1.54) is 19.3 Å². The van der Waals surface area contributed by atoms with Crippen molar-refractivity contribution in [2.24, 2.45) is 13.0 Å². The minimum Gasteiger partial charge on any atom is -0.494 e. The van der Waals surface area contributed by atoms with Crippen molar-refractivity contribution in [3.8, 4) is 5.75 Å². The summed E-state index contributed by atoms with van der Waals surface area (Å²) in [4.78, 5) is 12.2. The Hall–Kier alpha value is -2.30. The fourth-order valence-corrected chi connectivity index (χ4v) is 2.81. The lowest BCUT2D eigenvalue weighted by Crippen LogP contribution is -2.25. The molecule has 0 atom stereocenters. The van der Waals surface area contributed by atoms with Crippen LogP contribution >= 0.6 is 0 Å². The predicted octanol–water partition coefficient (Wildman–Crippen LogP) is 3.23. The third-order valence-electron chi connectivity index (χ3n) is 4.31. The van der Waals surface area contributed by atoms with E-state index in [2.05, 4.69) is 10.4 Å². The van der Waals surface area contributed by atoms with Crippen molar-refractivity contribution in [2.45, 2.75) is 39.2 Å². The van der Waals surface area contributed by atoms with Crippen LogP contribution in [0.25, 0.3) is 0 Å². The molecule has 2 aromatic rings. The molecule has 0 saturated heterocycles. The molecule has 3 rings (SSSR count). The van der Waals surface area contributed by atoms with Gasteiger partial charge in [0, 0.05) is 13.6 Å². The summed E-state index contributed by atoms with van der Waals surface area (Å²) in [5.41, 5.74) is 2.44. The number of carbonyl (C=O) groups is 1. The van der Waals surface area contributed by atoms with E-state index in [4.69, 9.17) is 4.74 Å². The van der Waals surface area contributed by atoms with Crippen LogP contribution in [0.3, 0.4) is 0 Å². The number of amides is 1. The third-order valence-corrected chi connectivity index (χ3v) is 4.31. The summed E-state index contributed by atoms with van der Waals surface area (Å²) in [6, 6.07) is 9.70. The Kier molecular flexibility index (Phi) is 5.18. The Morgan fingerprint density at radius 2 is 2.21 bits per heavy atom. The van der Waals surface area contributed by atoms with Crippen molar-refractivity contribution in [3.63, 3.8) is 0 Å². The summed E-state index contributed by atoms with van der Waals surface area (Å²) >= 11 is 0. The second kappa shape index (κ2) is 7.51. The molecule has 0 bridgehead atoms. The SMILES string of the molecule is Cc1cc(C(=O)NCc2cccc(OCCCC3CC3)c2)n(C)n1. The monoisotopic (exact) mass is 327 g/mol. The van der Waals surface area contributed by atoms with Crippen LogP contribution in [0.2, 0.25) is 0 Å². The van der Waals surface area contributed by atoms with Crippen LogP contribution in [-0.4, -0.2) is 22.3 Å². The molecule has 5 heteroatoms. The molecule has 1 fully saturated rings. The van der Waals surface area contributed by atoms with Crippen molar-refractivity contribution in [1.29, 1.82) is 0 Å². The molecule has 1 saturated carbocycles. The van der Waals surface area contributed by atoms with Gasteiger partial charge in [-0.2, -0.15) is 5.10 Å². The summed E-state index contributed by atoms with van der Waals surface area (Å²) in [5, 5.41) is 7.13. The van der Waals surface area contributed by atoms with Gasteiger partial charge in [0.1, 0.15) is 11.4 Å². The maximum absolute atomic E-state index is 12.2. The fourth-order valence-electron chi connectivity index (χ4n) is 2.81. The number of aryl methyl sites for hydroxylation is 2. The second-order valence-electron chi connectivity index (χ2n) is 6.56. The quantitative estimate of drug-likeness (QED) is 0.757. The Labute approximate surface area is 143 Å². The van der Waals surface area contributed by atoms with E-state index in [1.54, 1.807) is 17.8 Å². The normalized spacial score (nSPS) is 13.8. The molecule has 1 aromatic carbocycles. The van der Waals surface area contributed by atoms with Crippen LogP contribution in [0.1, 0.15) is 47.4 Å². The molecule has 0 unspecified atom stereocenters. The third kappa shape index (κ3) is 4.60. The highest BCUT2D eigenvalue weighted by Crippen LogP contribution is 2.33. The van der Waals surface area contributed by atoms with Gasteiger partial charge in [-0.25, -0.2) is 0 Å². The van der Waals surface area contributed by atoms with Crippen LogP contribution in [-0.2, 0) is 13.6 Å². The van der Waals surface area contributed by atoms with Crippen molar-refractivity contribution < 1.29 is 9.53 Å². The molecule has 5 nitrogen and oxygen atoms in total. The maximum atomic E-state index is 12.2. The minimum atomic E-state index is -0.117. The molecule has 0 spiro atoms. The van der Waals surface area contributed by atoms with Gasteiger partial charge in [-0.05, 0) is 49.4 Å². The lowest BCUT2D eigenvalue weighted by Gasteiger charge is -2.09. The van der Waals surface area contributed by atoms with Crippen LogP contribution in [0, 0.1) is 12.8 Å². The van der Waals surface area contributed by atoms with E-state index in [0.717, 1.165) is 36.0 Å². The van der Waals surface area contributed by atoms with Gasteiger partial charge >= 0.3 is 0 Å². The molecular weight excluding hydrogens is 302 g/mol. The number of rotatable bonds is 8. The number of benzene rings is 1. The molecule has 1 amide bonds. The number of carbonyl (C=O) groups excluding carboxylic acids is 1. The van der Waals surface area contributed by atoms with E-state index in [1.807, 2.05) is 31.2 Å². The van der Waals surface area contributed by atoms with Gasteiger partial charge in [-0.1, -0.05) is 25.0 Å². The lowest BCUT2D eigenvalue weighted by atomic mass is 10.2. The largest absolute Gasteiger partial charge is 0.494 e. The molecule has 128 valence electrons. The van der Waals surface area contributed by atoms with Crippen LogP contribution in [0.15, 0.2) is 30.3 Å². The molecule has 1 heterocycles. The van der Waals surface area contributed by atoms with Gasteiger partial charge in [0.25, 0.3) is 5.91 Å². The zero-order valence-corrected chi connectivity index (χ0v) is 14.4. The molecule has 24 heavy (non-hydrogen) atoms. The number of hydrogen-bond donors (Lipinski definition) is 1. The summed E-state index contributed by atoms with van der Waals surface area (Å²) in [6.45, 7) is 3.11. The Bertz CT molecular complexity index is 704. The Morgan fingerprint density at radius 1 is 1.38 bits per heavy atom. The van der Waals surface area contributed by atoms with Crippen LogP contribution < -0.4 is 10.1 Å². The number of aromatic nitrogens is 2. The molecule has 1 aromatic heterocycles. The molecule has 0 aliphatic heterocycles. The van der Waals surface area contributed by atoms with Gasteiger partial charge < -0.3 is 10.1 Å². The van der Waals surface area contributed by atoms with Gasteiger partial charge in [0.2, 0.25) is 0 Å². The summed E-state index contributed by atoms with van der Waals surface area (Å²) in [7, 11) is 1.78. The van der Waals surface area contributed by atoms with E-state index < -0.39 is 0 Å². The van der Waals surface area contributed by atoms with E-state index in [-0.39, 0.29) is 5.91 Å². The van der Waals surface area contributed by atoms with Gasteiger partial charge in [0.05, 0.1) is 12.3 Å². The average Bonchev–Trinajstić information content (AvgIpc) is 3.33. The zero-order chi connectivity index (χ0) is 16.9. The first-order valence-corrected chi connectivity index (χ1v) is 8.62. The van der Waals surface area contributed by atoms with Gasteiger partial charge in [0.15, 0.2) is 0 Å². The molecule has 0 radical (unpaired) electrons. The number of nitrogens with one attached hydrogen (secondary N) is 1. The number of nitrogens with zero attached hydrogens (tertiary/aromatic N) is 2. The van der Waals surface area contributed by atoms with Crippen LogP contribution in [0.5, 0.6) is 5.75 Å². The van der Waals surface area contributed by atoms with Gasteiger partial charge in [-0.15, -0.1) is 0 Å². The number of hydrogen-bond acceptors (Lipinski definition) is 3. The van der Waals surface area contributed by atoms with E-state index >= 15 is 0 Å². The van der Waals surface area contributed by atoms with Crippen LogP contribution in [0.4, 0.5) is 0 Å². The highest BCUT2D eigenvalue weighted by Gasteiger charge is 2.20. The average molecular weight is 327 g/mol. The standard InChI is InChI=1S/C19H25N3O2/c1-14-11-18(22(2)21-14)19(23)20-13-16-5-3-7-17(12-16)24-10-4-6-15-8-9-15/h3,5,7,11-12,15H,4,6,8-10,13H2,1-2H3,(H,20,23). The molecular formula is C19H25N3O2. The lowest BCUT2D eigenvalue weighted by molar-refractivity contribution is 0.0941. The first-order valence-electron chi connectivity index (χ1n) is 8.62. The summed E-state index contributed by atoms with van der Waals surface area (Å²) in [6.07, 6.45) is 5.18. The minimum absolute atomic E-state index is 0.117. The topological polar surface area (TPSA) is 56.1 Å². The van der Waals surface area contributed by atoms with Crippen molar-refractivity contribution >= 4 is 5.91 Å². The fraction of sp³-hybridized carbons (Fsp3) is 0.474. The van der Waals surface area contributed by atoms with Crippen molar-refractivity contribution in [3.05, 3.63) is 47.3 Å². The predicted molar refractivity (Wildman–Crippen MR) is 93.0 cm³/mol. The van der Waals surface area contributed by atoms with Crippen molar-refractivity contribution in [1.82, 2.24) is 15.1 Å². The van der Waals surface area contributed by atoms with E-state index in [0.29, 0.717) is 12.2 Å². The highest BCUT2D eigenvalue weighted by molar-refractivity contribution is 5.92. The summed E-state index contributed by atoms with van der Waals surface area (Å²) < 4.78 is 7.41. The van der Waals surface area contributed by atoms with Crippen molar-refractivity contribution in [2.75, 3.05) is 6.61 Å². The molecule has 1 aliphatic rings. The maximum Gasteiger partial charge on any atom is 0.269 e. The zero-order valence-electron chi connectivity index (χ0n) is 14.4. The smallest absolute Gasteiger partial charge is 0.269 e. The molecule has 1 aliphatic carbocycles. The molecule has 1 N–H and O–H groups in total. The highest BCUT2D eigenvalue weighted by atomic mass is 16.5. The Balaban J connectivity index is 1.48.